The van der Waals surface area contributed by atoms with Crippen molar-refractivity contribution in [2.45, 2.75) is 19.9 Å². The third-order valence-electron chi connectivity index (χ3n) is 2.83. The predicted molar refractivity (Wildman–Crippen MR) is 68.9 cm³/mol. The Morgan fingerprint density at radius 2 is 2.17 bits per heavy atom. The third-order valence-corrected chi connectivity index (χ3v) is 2.83. The molecular weight excluding hydrogens is 230 g/mol. The SMILES string of the molecule is CC(C)C(NC(=O)CO)c1nc2ccccc2[nH]1. The Bertz CT molecular complexity index is 515. The molecule has 5 heteroatoms. The first kappa shape index (κ1) is 12.6. The molecule has 0 bridgehead atoms. The van der Waals surface area contributed by atoms with Crippen molar-refractivity contribution in [2.24, 2.45) is 5.92 Å². The number of para-hydroxylation sites is 2. The van der Waals surface area contributed by atoms with Gasteiger partial charge in [0.05, 0.1) is 17.1 Å². The molecule has 96 valence electrons. The van der Waals surface area contributed by atoms with Gasteiger partial charge in [0.2, 0.25) is 5.91 Å². The van der Waals surface area contributed by atoms with Crippen molar-refractivity contribution in [2.75, 3.05) is 6.61 Å². The lowest BCUT2D eigenvalue weighted by Crippen LogP contribution is -2.34. The number of amides is 1. The first-order valence-corrected chi connectivity index (χ1v) is 5.96. The summed E-state index contributed by atoms with van der Waals surface area (Å²) >= 11 is 0. The fourth-order valence-corrected chi connectivity index (χ4v) is 1.89. The van der Waals surface area contributed by atoms with Gasteiger partial charge >= 0.3 is 0 Å². The van der Waals surface area contributed by atoms with E-state index in [0.29, 0.717) is 5.82 Å². The van der Waals surface area contributed by atoms with Gasteiger partial charge in [-0.1, -0.05) is 26.0 Å². The van der Waals surface area contributed by atoms with Gasteiger partial charge in [-0.25, -0.2) is 4.98 Å². The molecule has 1 atom stereocenters. The summed E-state index contributed by atoms with van der Waals surface area (Å²) in [6.45, 7) is 3.48. The second kappa shape index (κ2) is 5.18. The second-order valence-electron chi connectivity index (χ2n) is 4.59. The normalized spacial score (nSPS) is 12.9. The average Bonchev–Trinajstić information content (AvgIpc) is 2.78. The number of aliphatic hydroxyl groups is 1. The maximum absolute atomic E-state index is 11.3. The van der Waals surface area contributed by atoms with Crippen molar-refractivity contribution < 1.29 is 9.90 Å². The minimum Gasteiger partial charge on any atom is -0.387 e. The van der Waals surface area contributed by atoms with Crippen LogP contribution in [-0.4, -0.2) is 27.6 Å². The molecule has 0 radical (unpaired) electrons. The molecule has 1 amide bonds. The van der Waals surface area contributed by atoms with Gasteiger partial charge in [0.15, 0.2) is 0 Å². The van der Waals surface area contributed by atoms with Crippen LogP contribution in [0.2, 0.25) is 0 Å². The smallest absolute Gasteiger partial charge is 0.246 e. The highest BCUT2D eigenvalue weighted by Crippen LogP contribution is 2.21. The van der Waals surface area contributed by atoms with Gasteiger partial charge in [-0.3, -0.25) is 4.79 Å². The second-order valence-corrected chi connectivity index (χ2v) is 4.59. The molecule has 1 unspecified atom stereocenters. The van der Waals surface area contributed by atoms with Crippen molar-refractivity contribution in [1.82, 2.24) is 15.3 Å². The number of aromatic amines is 1. The Kier molecular flexibility index (Phi) is 3.62. The van der Waals surface area contributed by atoms with Crippen molar-refractivity contribution in [3.05, 3.63) is 30.1 Å². The lowest BCUT2D eigenvalue weighted by atomic mass is 10.0. The Labute approximate surface area is 105 Å². The van der Waals surface area contributed by atoms with E-state index in [0.717, 1.165) is 11.0 Å². The van der Waals surface area contributed by atoms with Gasteiger partial charge in [0.25, 0.3) is 0 Å². The molecule has 0 fully saturated rings. The zero-order valence-electron chi connectivity index (χ0n) is 10.5. The molecule has 18 heavy (non-hydrogen) atoms. The van der Waals surface area contributed by atoms with Crippen LogP contribution >= 0.6 is 0 Å². The lowest BCUT2D eigenvalue weighted by molar-refractivity contribution is -0.125. The van der Waals surface area contributed by atoms with Crippen molar-refractivity contribution in [3.63, 3.8) is 0 Å². The molecule has 5 nitrogen and oxygen atoms in total. The number of hydrogen-bond donors (Lipinski definition) is 3. The van der Waals surface area contributed by atoms with E-state index >= 15 is 0 Å². The number of carbonyl (C=O) groups excluding carboxylic acids is 1. The summed E-state index contributed by atoms with van der Waals surface area (Å²) in [5.41, 5.74) is 1.81. The van der Waals surface area contributed by atoms with E-state index in [4.69, 9.17) is 5.11 Å². The quantitative estimate of drug-likeness (QED) is 0.763. The summed E-state index contributed by atoms with van der Waals surface area (Å²) < 4.78 is 0. The minimum atomic E-state index is -0.510. The predicted octanol–water partition coefficient (Wildman–Crippen LogP) is 1.37. The molecule has 3 N–H and O–H groups in total. The fraction of sp³-hybridized carbons (Fsp3) is 0.385. The molecule has 0 aliphatic heterocycles. The third kappa shape index (κ3) is 2.51. The number of rotatable bonds is 4. The zero-order valence-corrected chi connectivity index (χ0v) is 10.5. The molecule has 0 spiro atoms. The highest BCUT2D eigenvalue weighted by atomic mass is 16.3. The summed E-state index contributed by atoms with van der Waals surface area (Å²) in [7, 11) is 0. The molecule has 1 aromatic carbocycles. The largest absolute Gasteiger partial charge is 0.387 e. The van der Waals surface area contributed by atoms with Crippen molar-refractivity contribution >= 4 is 16.9 Å². The van der Waals surface area contributed by atoms with Gasteiger partial charge in [-0.05, 0) is 18.1 Å². The van der Waals surface area contributed by atoms with E-state index in [1.807, 2.05) is 38.1 Å². The van der Waals surface area contributed by atoms with Crippen LogP contribution in [0.1, 0.15) is 25.7 Å². The van der Waals surface area contributed by atoms with Crippen LogP contribution in [0.4, 0.5) is 0 Å². The van der Waals surface area contributed by atoms with Crippen LogP contribution in [0.3, 0.4) is 0 Å². The number of hydrogen-bond acceptors (Lipinski definition) is 3. The van der Waals surface area contributed by atoms with Gasteiger partial charge in [-0.2, -0.15) is 0 Å². The Hall–Kier alpha value is -1.88. The topological polar surface area (TPSA) is 78.0 Å². The zero-order chi connectivity index (χ0) is 13.1. The molecule has 0 saturated heterocycles. The molecule has 1 aromatic heterocycles. The number of H-pyrrole nitrogens is 1. The maximum atomic E-state index is 11.3. The number of aliphatic hydroxyl groups excluding tert-OH is 1. The standard InChI is InChI=1S/C13H17N3O2/c1-8(2)12(16-11(18)7-17)13-14-9-5-3-4-6-10(9)15-13/h3-6,8,12,17H,7H2,1-2H3,(H,14,15)(H,16,18). The Morgan fingerprint density at radius 1 is 1.44 bits per heavy atom. The van der Waals surface area contributed by atoms with Crippen molar-refractivity contribution in [1.29, 1.82) is 0 Å². The molecule has 0 aliphatic rings. The number of aromatic nitrogens is 2. The number of fused-ring (bicyclic) bond motifs is 1. The van der Waals surface area contributed by atoms with Crippen LogP contribution in [0.15, 0.2) is 24.3 Å². The lowest BCUT2D eigenvalue weighted by Gasteiger charge is -2.19. The monoisotopic (exact) mass is 247 g/mol. The number of carbonyl (C=O) groups is 1. The van der Waals surface area contributed by atoms with Crippen LogP contribution < -0.4 is 5.32 Å². The van der Waals surface area contributed by atoms with Gasteiger partial charge < -0.3 is 15.4 Å². The summed E-state index contributed by atoms with van der Waals surface area (Å²) in [5, 5.41) is 11.6. The number of benzene rings is 1. The van der Waals surface area contributed by atoms with E-state index in [1.165, 1.54) is 0 Å². The molecular formula is C13H17N3O2. The molecule has 0 aliphatic carbocycles. The fourth-order valence-electron chi connectivity index (χ4n) is 1.89. The first-order valence-electron chi connectivity index (χ1n) is 5.96. The van der Waals surface area contributed by atoms with E-state index < -0.39 is 12.5 Å². The summed E-state index contributed by atoms with van der Waals surface area (Å²) in [6.07, 6.45) is 0. The Morgan fingerprint density at radius 3 is 2.78 bits per heavy atom. The molecule has 2 rings (SSSR count). The van der Waals surface area contributed by atoms with E-state index in [9.17, 15) is 4.79 Å². The minimum absolute atomic E-state index is 0.182. The Balaban J connectivity index is 2.32. The number of nitrogens with zero attached hydrogens (tertiary/aromatic N) is 1. The van der Waals surface area contributed by atoms with E-state index in [-0.39, 0.29) is 12.0 Å². The molecule has 1 heterocycles. The van der Waals surface area contributed by atoms with Gasteiger partial charge in [0, 0.05) is 0 Å². The highest BCUT2D eigenvalue weighted by molar-refractivity contribution is 5.78. The van der Waals surface area contributed by atoms with Crippen LogP contribution in [0, 0.1) is 5.92 Å². The van der Waals surface area contributed by atoms with Gasteiger partial charge in [-0.15, -0.1) is 0 Å². The highest BCUT2D eigenvalue weighted by Gasteiger charge is 2.21. The van der Waals surface area contributed by atoms with Crippen LogP contribution in [0.5, 0.6) is 0 Å². The number of nitrogens with one attached hydrogen (secondary N) is 2. The van der Waals surface area contributed by atoms with E-state index in [1.54, 1.807) is 0 Å². The van der Waals surface area contributed by atoms with Crippen molar-refractivity contribution in [3.8, 4) is 0 Å². The summed E-state index contributed by atoms with van der Waals surface area (Å²) in [5.74, 6) is 0.503. The van der Waals surface area contributed by atoms with E-state index in [2.05, 4.69) is 15.3 Å². The first-order chi connectivity index (χ1) is 8.61. The number of imidazole rings is 1. The van der Waals surface area contributed by atoms with Crippen LogP contribution in [0.25, 0.3) is 11.0 Å². The molecule has 0 saturated carbocycles. The molecule has 2 aromatic rings. The van der Waals surface area contributed by atoms with Crippen LogP contribution in [-0.2, 0) is 4.79 Å². The van der Waals surface area contributed by atoms with Gasteiger partial charge in [0.1, 0.15) is 12.4 Å². The maximum Gasteiger partial charge on any atom is 0.246 e. The summed E-state index contributed by atoms with van der Waals surface area (Å²) in [4.78, 5) is 19.0. The summed E-state index contributed by atoms with van der Waals surface area (Å²) in [6, 6.07) is 7.49. The average molecular weight is 247 g/mol.